The van der Waals surface area contributed by atoms with Crippen LogP contribution in [0.1, 0.15) is 15.9 Å². The lowest BCUT2D eigenvalue weighted by atomic mass is 10.2. The molecule has 96 valence electrons. The summed E-state index contributed by atoms with van der Waals surface area (Å²) in [5.74, 6) is -0.607. The van der Waals surface area contributed by atoms with Gasteiger partial charge in [0.2, 0.25) is 0 Å². The molecule has 0 saturated heterocycles. The van der Waals surface area contributed by atoms with E-state index in [2.05, 4.69) is 16.4 Å². The number of carbonyl (C=O) groups is 1. The van der Waals surface area contributed by atoms with E-state index in [4.69, 9.17) is 5.73 Å². The van der Waals surface area contributed by atoms with Crippen LogP contribution in [0.15, 0.2) is 23.7 Å². The van der Waals surface area contributed by atoms with Gasteiger partial charge in [-0.1, -0.05) is 0 Å². The van der Waals surface area contributed by atoms with E-state index in [-0.39, 0.29) is 5.56 Å². The highest BCUT2D eigenvalue weighted by atomic mass is 32.1. The van der Waals surface area contributed by atoms with Crippen LogP contribution in [-0.2, 0) is 0 Å². The van der Waals surface area contributed by atoms with Crippen molar-refractivity contribution < 1.29 is 9.90 Å². The molecule has 0 saturated carbocycles. The van der Waals surface area contributed by atoms with Crippen LogP contribution in [0.2, 0.25) is 0 Å². The van der Waals surface area contributed by atoms with Crippen molar-refractivity contribution in [1.82, 2.24) is 4.98 Å². The molecule has 3 N–H and O–H groups in total. The first-order valence-corrected chi connectivity index (χ1v) is 7.22. The van der Waals surface area contributed by atoms with Crippen LogP contribution >= 0.6 is 22.7 Å². The fourth-order valence-corrected chi connectivity index (χ4v) is 4.04. The Kier molecular flexibility index (Phi) is 2.76. The third kappa shape index (κ3) is 1.98. The van der Waals surface area contributed by atoms with Crippen molar-refractivity contribution in [2.45, 2.75) is 6.92 Å². The van der Waals surface area contributed by atoms with Gasteiger partial charge in [0, 0.05) is 21.3 Å². The molecule has 0 fully saturated rings. The normalized spacial score (nSPS) is 11.0. The van der Waals surface area contributed by atoms with Gasteiger partial charge >= 0.3 is 5.97 Å². The van der Waals surface area contributed by atoms with Crippen LogP contribution in [0.25, 0.3) is 19.8 Å². The molecule has 4 nitrogen and oxygen atoms in total. The van der Waals surface area contributed by atoms with Crippen LogP contribution in [0.4, 0.5) is 5.82 Å². The number of nitrogens with two attached hydrogens (primary N) is 1. The van der Waals surface area contributed by atoms with Crippen LogP contribution in [0.5, 0.6) is 0 Å². The maximum atomic E-state index is 11.2. The Morgan fingerprint density at radius 1 is 1.37 bits per heavy atom. The maximum absolute atomic E-state index is 11.2. The van der Waals surface area contributed by atoms with E-state index >= 15 is 0 Å². The zero-order valence-electron chi connectivity index (χ0n) is 10.0. The van der Waals surface area contributed by atoms with Gasteiger partial charge in [-0.05, 0) is 30.0 Å². The number of pyridine rings is 1. The average Bonchev–Trinajstić information content (AvgIpc) is 2.95. The molecule has 3 heterocycles. The number of nitrogens with zero attached hydrogens (tertiary/aromatic N) is 1. The number of thiophene rings is 2. The first-order chi connectivity index (χ1) is 9.06. The molecule has 0 amide bonds. The molecular weight excluding hydrogens is 280 g/mol. The summed E-state index contributed by atoms with van der Waals surface area (Å²) in [6.45, 7) is 2.03. The second-order valence-corrected chi connectivity index (χ2v) is 6.17. The highest BCUT2D eigenvalue weighted by Gasteiger charge is 2.16. The van der Waals surface area contributed by atoms with Crippen molar-refractivity contribution in [2.24, 2.45) is 0 Å². The van der Waals surface area contributed by atoms with Crippen molar-refractivity contribution in [3.8, 4) is 9.75 Å². The number of rotatable bonds is 2. The number of anilines is 1. The van der Waals surface area contributed by atoms with E-state index < -0.39 is 5.97 Å². The summed E-state index contributed by atoms with van der Waals surface area (Å²) in [5, 5.41) is 12.0. The Bertz CT molecular complexity index is 789. The molecule has 0 radical (unpaired) electrons. The van der Waals surface area contributed by atoms with Gasteiger partial charge in [0.1, 0.15) is 5.82 Å². The van der Waals surface area contributed by atoms with Gasteiger partial charge in [0.05, 0.1) is 10.3 Å². The third-order valence-electron chi connectivity index (χ3n) is 2.79. The lowest BCUT2D eigenvalue weighted by Crippen LogP contribution is -1.99. The summed E-state index contributed by atoms with van der Waals surface area (Å²) in [7, 11) is 0. The molecule has 0 spiro atoms. The van der Waals surface area contributed by atoms with Crippen LogP contribution in [0, 0.1) is 6.92 Å². The molecule has 19 heavy (non-hydrogen) atoms. The van der Waals surface area contributed by atoms with E-state index in [1.807, 2.05) is 13.0 Å². The number of nitrogen functional groups attached to an aromatic ring is 1. The predicted molar refractivity (Wildman–Crippen MR) is 79.0 cm³/mol. The Balaban J connectivity index is 2.28. The Morgan fingerprint density at radius 3 is 2.79 bits per heavy atom. The molecule has 0 bridgehead atoms. The molecule has 0 aliphatic heterocycles. The lowest BCUT2D eigenvalue weighted by Gasteiger charge is -1.98. The summed E-state index contributed by atoms with van der Waals surface area (Å²) in [6, 6.07) is 4.00. The Labute approximate surface area is 117 Å². The fraction of sp³-hybridized carbons (Fsp3) is 0.0769. The first-order valence-electron chi connectivity index (χ1n) is 5.53. The third-order valence-corrected chi connectivity index (χ3v) is 5.20. The predicted octanol–water partition coefficient (Wildman–Crippen LogP) is 3.61. The molecule has 0 aliphatic carbocycles. The monoisotopic (exact) mass is 290 g/mol. The van der Waals surface area contributed by atoms with Crippen LogP contribution < -0.4 is 5.73 Å². The van der Waals surface area contributed by atoms with E-state index in [9.17, 15) is 9.90 Å². The maximum Gasteiger partial charge on any atom is 0.338 e. The largest absolute Gasteiger partial charge is 0.478 e. The molecule has 0 aliphatic rings. The highest BCUT2D eigenvalue weighted by molar-refractivity contribution is 7.26. The van der Waals surface area contributed by atoms with Crippen LogP contribution in [-0.4, -0.2) is 16.1 Å². The second-order valence-electron chi connectivity index (χ2n) is 4.20. The van der Waals surface area contributed by atoms with Crippen molar-refractivity contribution in [3.63, 3.8) is 0 Å². The van der Waals surface area contributed by atoms with E-state index in [1.54, 1.807) is 11.3 Å². The number of aromatic nitrogens is 1. The van der Waals surface area contributed by atoms with Crippen molar-refractivity contribution in [2.75, 3.05) is 5.73 Å². The standard InChI is InChI=1S/C13H10N2O2S2/c1-6-2-9(18-5-6)10-3-7-11(19-10)8(13(16)17)4-15-12(7)14/h2-5H,1H3,(H2,14,15)(H,16,17). The van der Waals surface area contributed by atoms with Crippen molar-refractivity contribution in [1.29, 1.82) is 0 Å². The number of carboxylic acids is 1. The Morgan fingerprint density at radius 2 is 2.16 bits per heavy atom. The molecule has 3 rings (SSSR count). The minimum Gasteiger partial charge on any atom is -0.478 e. The molecule has 6 heteroatoms. The average molecular weight is 290 g/mol. The summed E-state index contributed by atoms with van der Waals surface area (Å²) in [5.41, 5.74) is 7.23. The number of fused-ring (bicyclic) bond motifs is 1. The van der Waals surface area contributed by atoms with Gasteiger partial charge in [0.15, 0.2) is 0 Å². The van der Waals surface area contributed by atoms with Gasteiger partial charge in [-0.3, -0.25) is 0 Å². The van der Waals surface area contributed by atoms with E-state index in [1.165, 1.54) is 23.1 Å². The number of hydrogen-bond donors (Lipinski definition) is 2. The SMILES string of the molecule is Cc1csc(-c2cc3c(N)ncc(C(=O)O)c3s2)c1. The summed E-state index contributed by atoms with van der Waals surface area (Å²) < 4.78 is 0.682. The quantitative estimate of drug-likeness (QED) is 0.756. The molecule has 0 unspecified atom stereocenters. The number of hydrogen-bond acceptors (Lipinski definition) is 5. The first kappa shape index (κ1) is 12.1. The van der Waals surface area contributed by atoms with Crippen LogP contribution in [0.3, 0.4) is 0 Å². The van der Waals surface area contributed by atoms with Gasteiger partial charge in [0.25, 0.3) is 0 Å². The highest BCUT2D eigenvalue weighted by Crippen LogP contribution is 2.39. The molecule has 0 aromatic carbocycles. The molecule has 0 atom stereocenters. The topological polar surface area (TPSA) is 76.2 Å². The summed E-state index contributed by atoms with van der Waals surface area (Å²) in [6.07, 6.45) is 1.32. The second kappa shape index (κ2) is 4.32. The number of carboxylic acid groups (broad SMARTS) is 1. The van der Waals surface area contributed by atoms with Gasteiger partial charge in [-0.15, -0.1) is 22.7 Å². The minimum atomic E-state index is -0.978. The summed E-state index contributed by atoms with van der Waals surface area (Å²) in [4.78, 5) is 17.3. The fourth-order valence-electron chi connectivity index (χ4n) is 1.88. The van der Waals surface area contributed by atoms with Gasteiger partial charge < -0.3 is 10.8 Å². The van der Waals surface area contributed by atoms with Crippen molar-refractivity contribution >= 4 is 44.5 Å². The molecule has 3 aromatic rings. The van der Waals surface area contributed by atoms with E-state index in [0.717, 1.165) is 9.75 Å². The smallest absolute Gasteiger partial charge is 0.338 e. The number of aromatic carboxylic acids is 1. The zero-order valence-corrected chi connectivity index (χ0v) is 11.6. The van der Waals surface area contributed by atoms with Crippen molar-refractivity contribution in [3.05, 3.63) is 34.8 Å². The van der Waals surface area contributed by atoms with Gasteiger partial charge in [-0.2, -0.15) is 0 Å². The van der Waals surface area contributed by atoms with Gasteiger partial charge in [-0.25, -0.2) is 9.78 Å². The Hall–Kier alpha value is -1.92. The zero-order chi connectivity index (χ0) is 13.6. The number of aryl methyl sites for hydroxylation is 1. The molecular formula is C13H10N2O2S2. The molecule has 3 aromatic heterocycles. The summed E-state index contributed by atoms with van der Waals surface area (Å²) >= 11 is 3.08. The van der Waals surface area contributed by atoms with E-state index in [0.29, 0.717) is 15.9 Å². The lowest BCUT2D eigenvalue weighted by molar-refractivity contribution is 0.0699. The minimum absolute atomic E-state index is 0.203.